The molecule has 1 unspecified atom stereocenters. The number of carbonyl (C=O) groups excluding carboxylic acids is 2. The summed E-state index contributed by atoms with van der Waals surface area (Å²) in [7, 11) is 1.94. The number of primary amides is 1. The lowest BCUT2D eigenvalue weighted by molar-refractivity contribution is -0.120. The number of hydrogen-bond donors (Lipinski definition) is 2. The fourth-order valence-corrected chi connectivity index (χ4v) is 2.48. The number of alkyl carbamates (subject to hydrolysis) is 1. The molecule has 0 aliphatic carbocycles. The first-order chi connectivity index (χ1) is 10.7. The second kappa shape index (κ2) is 6.32. The third-order valence-corrected chi connectivity index (χ3v) is 3.44. The number of carbonyl (C=O) groups is 2. The Kier molecular flexibility index (Phi) is 4.63. The lowest BCUT2D eigenvalue weighted by atomic mass is 10.0. The van der Waals surface area contributed by atoms with Gasteiger partial charge in [0, 0.05) is 30.6 Å². The van der Waals surface area contributed by atoms with Crippen molar-refractivity contribution in [3.63, 3.8) is 0 Å². The van der Waals surface area contributed by atoms with E-state index >= 15 is 0 Å². The van der Waals surface area contributed by atoms with Crippen molar-refractivity contribution in [2.24, 2.45) is 12.8 Å². The van der Waals surface area contributed by atoms with Gasteiger partial charge in [-0.3, -0.25) is 4.79 Å². The molecule has 6 nitrogen and oxygen atoms in total. The van der Waals surface area contributed by atoms with Crippen LogP contribution in [-0.2, 0) is 23.0 Å². The number of aryl methyl sites for hydroxylation is 1. The van der Waals surface area contributed by atoms with E-state index in [1.165, 1.54) is 0 Å². The molecule has 0 bridgehead atoms. The predicted molar refractivity (Wildman–Crippen MR) is 89.0 cm³/mol. The molecule has 1 aromatic carbocycles. The number of amides is 2. The van der Waals surface area contributed by atoms with Gasteiger partial charge in [0.25, 0.3) is 0 Å². The number of hydrogen-bond acceptors (Lipinski definition) is 3. The van der Waals surface area contributed by atoms with Gasteiger partial charge in [0.15, 0.2) is 0 Å². The molecule has 2 rings (SSSR count). The number of rotatable bonds is 4. The Labute approximate surface area is 135 Å². The Morgan fingerprint density at radius 1 is 1.30 bits per heavy atom. The van der Waals surface area contributed by atoms with E-state index in [9.17, 15) is 9.59 Å². The Balaban J connectivity index is 2.19. The molecule has 23 heavy (non-hydrogen) atoms. The minimum absolute atomic E-state index is 0.315. The van der Waals surface area contributed by atoms with E-state index in [-0.39, 0.29) is 0 Å². The molecule has 2 aromatic rings. The van der Waals surface area contributed by atoms with Gasteiger partial charge in [0.05, 0.1) is 0 Å². The van der Waals surface area contributed by atoms with E-state index < -0.39 is 23.6 Å². The number of fused-ring (bicyclic) bond motifs is 1. The molecule has 1 atom stereocenters. The van der Waals surface area contributed by atoms with Crippen LogP contribution in [0.3, 0.4) is 0 Å². The van der Waals surface area contributed by atoms with E-state index in [4.69, 9.17) is 10.5 Å². The van der Waals surface area contributed by atoms with Crippen molar-refractivity contribution in [1.82, 2.24) is 9.88 Å². The summed E-state index contributed by atoms with van der Waals surface area (Å²) in [6.45, 7) is 5.28. The van der Waals surface area contributed by atoms with Crippen molar-refractivity contribution >= 4 is 22.9 Å². The van der Waals surface area contributed by atoms with Crippen molar-refractivity contribution < 1.29 is 14.3 Å². The average molecular weight is 317 g/mol. The topological polar surface area (TPSA) is 86.3 Å². The van der Waals surface area contributed by atoms with Gasteiger partial charge in [0.2, 0.25) is 5.91 Å². The third-order valence-electron chi connectivity index (χ3n) is 3.44. The predicted octanol–water partition coefficient (Wildman–Crippen LogP) is 2.10. The standard InChI is InChI=1S/C17H23N3O3/c1-17(2,3)23-16(22)19-13(15(18)21)9-11-10-20(4)14-8-6-5-7-12(11)14/h5-8,10,13H,9H2,1-4H3,(H2,18,21)(H,19,22). The molecular formula is C17H23N3O3. The van der Waals surface area contributed by atoms with Gasteiger partial charge in [0.1, 0.15) is 11.6 Å². The van der Waals surface area contributed by atoms with Gasteiger partial charge >= 0.3 is 6.09 Å². The molecule has 0 spiro atoms. The molecule has 2 amide bonds. The molecule has 1 aromatic heterocycles. The van der Waals surface area contributed by atoms with Gasteiger partial charge in [-0.1, -0.05) is 18.2 Å². The zero-order chi connectivity index (χ0) is 17.2. The average Bonchev–Trinajstić information content (AvgIpc) is 2.73. The summed E-state index contributed by atoms with van der Waals surface area (Å²) in [6.07, 6.45) is 1.61. The third kappa shape index (κ3) is 4.25. The fourth-order valence-electron chi connectivity index (χ4n) is 2.48. The zero-order valence-corrected chi connectivity index (χ0v) is 13.9. The van der Waals surface area contributed by atoms with E-state index in [1.807, 2.05) is 42.1 Å². The summed E-state index contributed by atoms with van der Waals surface area (Å²) >= 11 is 0. The van der Waals surface area contributed by atoms with Crippen LogP contribution >= 0.6 is 0 Å². The lowest BCUT2D eigenvalue weighted by Gasteiger charge is -2.22. The van der Waals surface area contributed by atoms with E-state index in [0.717, 1.165) is 16.5 Å². The summed E-state index contributed by atoms with van der Waals surface area (Å²) in [6, 6.07) is 7.05. The Bertz CT molecular complexity index is 728. The van der Waals surface area contributed by atoms with E-state index in [0.29, 0.717) is 6.42 Å². The number of benzene rings is 1. The second-order valence-electron chi connectivity index (χ2n) is 6.59. The van der Waals surface area contributed by atoms with Crippen LogP contribution in [-0.4, -0.2) is 28.2 Å². The maximum atomic E-state index is 11.9. The van der Waals surface area contributed by atoms with Crippen molar-refractivity contribution in [3.05, 3.63) is 36.0 Å². The van der Waals surface area contributed by atoms with Crippen LogP contribution in [0.4, 0.5) is 4.79 Å². The van der Waals surface area contributed by atoms with Crippen LogP contribution in [0.2, 0.25) is 0 Å². The Morgan fingerprint density at radius 3 is 2.57 bits per heavy atom. The number of ether oxygens (including phenoxy) is 1. The SMILES string of the molecule is Cn1cc(CC(NC(=O)OC(C)(C)C)C(N)=O)c2ccccc21. The first-order valence-corrected chi connectivity index (χ1v) is 7.49. The summed E-state index contributed by atoms with van der Waals surface area (Å²) in [5.74, 6) is -0.594. The van der Waals surface area contributed by atoms with Crippen LogP contribution in [0.15, 0.2) is 30.5 Å². The van der Waals surface area contributed by atoms with E-state index in [2.05, 4.69) is 5.32 Å². The Morgan fingerprint density at radius 2 is 1.96 bits per heavy atom. The summed E-state index contributed by atoms with van der Waals surface area (Å²) in [5, 5.41) is 3.58. The van der Waals surface area contributed by atoms with Gasteiger partial charge in [-0.15, -0.1) is 0 Å². The molecule has 0 aliphatic rings. The highest BCUT2D eigenvalue weighted by Gasteiger charge is 2.24. The molecular weight excluding hydrogens is 294 g/mol. The highest BCUT2D eigenvalue weighted by molar-refractivity contribution is 5.87. The number of nitrogens with zero attached hydrogens (tertiary/aromatic N) is 1. The quantitative estimate of drug-likeness (QED) is 0.905. The first-order valence-electron chi connectivity index (χ1n) is 7.49. The highest BCUT2D eigenvalue weighted by atomic mass is 16.6. The van der Waals surface area contributed by atoms with Gasteiger partial charge in [-0.05, 0) is 32.4 Å². The van der Waals surface area contributed by atoms with Crippen LogP contribution in [0, 0.1) is 0 Å². The summed E-state index contributed by atoms with van der Waals surface area (Å²) < 4.78 is 7.17. The molecule has 0 saturated carbocycles. The van der Waals surface area contributed by atoms with Crippen molar-refractivity contribution in [1.29, 1.82) is 0 Å². The maximum absolute atomic E-state index is 11.9. The van der Waals surface area contributed by atoms with Gasteiger partial charge < -0.3 is 20.4 Å². The normalized spacial score (nSPS) is 12.9. The van der Waals surface area contributed by atoms with Crippen molar-refractivity contribution in [2.75, 3.05) is 0 Å². The molecule has 0 radical (unpaired) electrons. The molecule has 124 valence electrons. The molecule has 6 heteroatoms. The van der Waals surface area contributed by atoms with Gasteiger partial charge in [-0.25, -0.2) is 4.79 Å². The second-order valence-corrected chi connectivity index (χ2v) is 6.59. The maximum Gasteiger partial charge on any atom is 0.408 e. The number of aromatic nitrogens is 1. The Hall–Kier alpha value is -2.50. The largest absolute Gasteiger partial charge is 0.444 e. The number of para-hydroxylation sites is 1. The van der Waals surface area contributed by atoms with Gasteiger partial charge in [-0.2, -0.15) is 0 Å². The van der Waals surface area contributed by atoms with Crippen molar-refractivity contribution in [2.45, 2.75) is 38.8 Å². The van der Waals surface area contributed by atoms with Crippen molar-refractivity contribution in [3.8, 4) is 0 Å². The molecule has 0 fully saturated rings. The summed E-state index contributed by atoms with van der Waals surface area (Å²) in [4.78, 5) is 23.6. The molecule has 1 heterocycles. The van der Waals surface area contributed by atoms with Crippen LogP contribution in [0.1, 0.15) is 26.3 Å². The monoisotopic (exact) mass is 317 g/mol. The number of nitrogens with two attached hydrogens (primary N) is 1. The molecule has 3 N–H and O–H groups in total. The van der Waals surface area contributed by atoms with Crippen LogP contribution in [0.5, 0.6) is 0 Å². The summed E-state index contributed by atoms with van der Waals surface area (Å²) in [5.41, 5.74) is 6.80. The van der Waals surface area contributed by atoms with Crippen LogP contribution < -0.4 is 11.1 Å². The van der Waals surface area contributed by atoms with E-state index in [1.54, 1.807) is 20.8 Å². The zero-order valence-electron chi connectivity index (χ0n) is 13.9. The first kappa shape index (κ1) is 16.9. The number of nitrogens with one attached hydrogen (secondary N) is 1. The smallest absolute Gasteiger partial charge is 0.408 e. The lowest BCUT2D eigenvalue weighted by Crippen LogP contribution is -2.47. The van der Waals surface area contributed by atoms with Crippen LogP contribution in [0.25, 0.3) is 10.9 Å². The minimum atomic E-state index is -0.823. The highest BCUT2D eigenvalue weighted by Crippen LogP contribution is 2.21. The molecule has 0 aliphatic heterocycles. The minimum Gasteiger partial charge on any atom is -0.444 e. The molecule has 0 saturated heterocycles. The fraction of sp³-hybridized carbons (Fsp3) is 0.412.